The van der Waals surface area contributed by atoms with Gasteiger partial charge in [-0.15, -0.1) is 0 Å². The SMILES string of the molecule is O=C([O-])c1ccc(S(=O)(=O)NC2CCCCC2)c(Cl)c1. The topological polar surface area (TPSA) is 86.3 Å². The molecule has 1 saturated carbocycles. The van der Waals surface area contributed by atoms with Crippen molar-refractivity contribution in [3.63, 3.8) is 0 Å². The first kappa shape index (κ1) is 15.3. The van der Waals surface area contributed by atoms with E-state index in [4.69, 9.17) is 11.6 Å². The Morgan fingerprint density at radius 1 is 1.25 bits per heavy atom. The number of aromatic carboxylic acids is 1. The number of hydrogen-bond donors (Lipinski definition) is 1. The number of rotatable bonds is 4. The number of carbonyl (C=O) groups is 1. The van der Waals surface area contributed by atoms with Crippen LogP contribution >= 0.6 is 11.6 Å². The molecule has 1 aliphatic carbocycles. The fraction of sp³-hybridized carbons (Fsp3) is 0.462. The molecule has 0 amide bonds. The predicted molar refractivity (Wildman–Crippen MR) is 73.0 cm³/mol. The highest BCUT2D eigenvalue weighted by atomic mass is 35.5. The van der Waals surface area contributed by atoms with Gasteiger partial charge in [0, 0.05) is 6.04 Å². The van der Waals surface area contributed by atoms with E-state index in [1.165, 1.54) is 12.1 Å². The highest BCUT2D eigenvalue weighted by molar-refractivity contribution is 7.89. The van der Waals surface area contributed by atoms with Gasteiger partial charge in [0.05, 0.1) is 11.0 Å². The number of carboxylic acids is 1. The van der Waals surface area contributed by atoms with E-state index >= 15 is 0 Å². The minimum absolute atomic E-state index is 0.0781. The second kappa shape index (κ2) is 6.11. The van der Waals surface area contributed by atoms with Gasteiger partial charge in [0.2, 0.25) is 10.0 Å². The summed E-state index contributed by atoms with van der Waals surface area (Å²) in [5.41, 5.74) is -0.147. The molecule has 0 saturated heterocycles. The van der Waals surface area contributed by atoms with Crippen LogP contribution in [0.5, 0.6) is 0 Å². The molecule has 0 aliphatic heterocycles. The van der Waals surface area contributed by atoms with Crippen LogP contribution in [0.15, 0.2) is 23.1 Å². The van der Waals surface area contributed by atoms with E-state index in [0.717, 1.165) is 38.2 Å². The van der Waals surface area contributed by atoms with Crippen LogP contribution in [0, 0.1) is 0 Å². The van der Waals surface area contributed by atoms with Gasteiger partial charge in [-0.1, -0.05) is 36.9 Å². The molecule has 5 nitrogen and oxygen atoms in total. The molecule has 110 valence electrons. The van der Waals surface area contributed by atoms with Crippen LogP contribution in [0.2, 0.25) is 5.02 Å². The van der Waals surface area contributed by atoms with E-state index in [1.54, 1.807) is 0 Å². The third-order valence-corrected chi connectivity index (χ3v) is 5.39. The van der Waals surface area contributed by atoms with Gasteiger partial charge in [-0.2, -0.15) is 0 Å². The molecule has 7 heteroatoms. The fourth-order valence-corrected chi connectivity index (χ4v) is 4.20. The molecule has 0 atom stereocenters. The van der Waals surface area contributed by atoms with E-state index in [-0.39, 0.29) is 21.5 Å². The molecule has 0 heterocycles. The Labute approximate surface area is 123 Å². The summed E-state index contributed by atoms with van der Waals surface area (Å²) in [4.78, 5) is 10.6. The summed E-state index contributed by atoms with van der Waals surface area (Å²) < 4.78 is 27.1. The lowest BCUT2D eigenvalue weighted by Gasteiger charge is -2.23. The standard InChI is InChI=1S/C13H16ClNO4S/c14-11-8-9(13(16)17)6-7-12(11)20(18,19)15-10-4-2-1-3-5-10/h6-8,10,15H,1-5H2,(H,16,17)/p-1. The van der Waals surface area contributed by atoms with Gasteiger partial charge in [-0.3, -0.25) is 0 Å². The van der Waals surface area contributed by atoms with Crippen molar-refractivity contribution in [3.05, 3.63) is 28.8 Å². The molecule has 1 N–H and O–H groups in total. The molecular weight excluding hydrogens is 302 g/mol. The quantitative estimate of drug-likeness (QED) is 0.907. The van der Waals surface area contributed by atoms with Crippen LogP contribution in [-0.2, 0) is 10.0 Å². The number of halogens is 1. The van der Waals surface area contributed by atoms with Gasteiger partial charge in [-0.05, 0) is 30.5 Å². The molecule has 2 rings (SSSR count). The van der Waals surface area contributed by atoms with Crippen molar-refractivity contribution in [1.82, 2.24) is 4.72 Å². The first-order chi connectivity index (χ1) is 9.40. The summed E-state index contributed by atoms with van der Waals surface area (Å²) in [5.74, 6) is -1.39. The van der Waals surface area contributed by atoms with Gasteiger partial charge in [0.1, 0.15) is 4.90 Å². The average molecular weight is 317 g/mol. The molecule has 0 bridgehead atoms. The van der Waals surface area contributed by atoms with Crippen LogP contribution in [0.4, 0.5) is 0 Å². The van der Waals surface area contributed by atoms with Crippen molar-refractivity contribution in [3.8, 4) is 0 Å². The van der Waals surface area contributed by atoms with Crippen molar-refractivity contribution >= 4 is 27.6 Å². The summed E-state index contributed by atoms with van der Waals surface area (Å²) in [6.07, 6.45) is 4.76. The molecule has 0 unspecified atom stereocenters. The molecule has 1 aromatic carbocycles. The molecule has 0 radical (unpaired) electrons. The summed E-state index contributed by atoms with van der Waals surface area (Å²) in [6, 6.07) is 3.38. The Morgan fingerprint density at radius 3 is 2.45 bits per heavy atom. The van der Waals surface area contributed by atoms with E-state index in [1.807, 2.05) is 0 Å². The van der Waals surface area contributed by atoms with Crippen molar-refractivity contribution in [2.24, 2.45) is 0 Å². The van der Waals surface area contributed by atoms with Gasteiger partial charge in [0.25, 0.3) is 0 Å². The van der Waals surface area contributed by atoms with Crippen molar-refractivity contribution in [2.75, 3.05) is 0 Å². The number of hydrogen-bond acceptors (Lipinski definition) is 4. The summed E-state index contributed by atoms with van der Waals surface area (Å²) in [7, 11) is -3.73. The number of carbonyl (C=O) groups excluding carboxylic acids is 1. The maximum atomic E-state index is 12.2. The lowest BCUT2D eigenvalue weighted by molar-refractivity contribution is -0.255. The van der Waals surface area contributed by atoms with E-state index in [0.29, 0.717) is 0 Å². The van der Waals surface area contributed by atoms with Crippen LogP contribution in [0.25, 0.3) is 0 Å². The number of sulfonamides is 1. The number of carboxylic acid groups (broad SMARTS) is 1. The lowest BCUT2D eigenvalue weighted by Crippen LogP contribution is -2.36. The zero-order chi connectivity index (χ0) is 14.8. The molecule has 1 aromatic rings. The van der Waals surface area contributed by atoms with Crippen LogP contribution in [-0.4, -0.2) is 20.4 Å². The van der Waals surface area contributed by atoms with E-state index < -0.39 is 16.0 Å². The van der Waals surface area contributed by atoms with E-state index in [2.05, 4.69) is 4.72 Å². The Morgan fingerprint density at radius 2 is 1.90 bits per heavy atom. The van der Waals surface area contributed by atoms with E-state index in [9.17, 15) is 18.3 Å². The first-order valence-corrected chi connectivity index (χ1v) is 8.29. The minimum Gasteiger partial charge on any atom is -0.545 e. The third kappa shape index (κ3) is 3.50. The summed E-state index contributed by atoms with van der Waals surface area (Å²) >= 11 is 5.87. The lowest BCUT2D eigenvalue weighted by atomic mass is 9.96. The first-order valence-electron chi connectivity index (χ1n) is 6.43. The zero-order valence-electron chi connectivity index (χ0n) is 10.8. The van der Waals surface area contributed by atoms with Crippen molar-refractivity contribution in [1.29, 1.82) is 0 Å². The van der Waals surface area contributed by atoms with Crippen molar-refractivity contribution < 1.29 is 18.3 Å². The highest BCUT2D eigenvalue weighted by Crippen LogP contribution is 2.25. The number of nitrogens with one attached hydrogen (secondary N) is 1. The molecule has 1 aliphatic rings. The summed E-state index contributed by atoms with van der Waals surface area (Å²) in [6.45, 7) is 0. The summed E-state index contributed by atoms with van der Waals surface area (Å²) in [5, 5.41) is 10.6. The van der Waals surface area contributed by atoms with Gasteiger partial charge in [0.15, 0.2) is 0 Å². The monoisotopic (exact) mass is 316 g/mol. The Hall–Kier alpha value is -1.11. The van der Waals surface area contributed by atoms with Gasteiger partial charge >= 0.3 is 0 Å². The number of benzene rings is 1. The largest absolute Gasteiger partial charge is 0.545 e. The smallest absolute Gasteiger partial charge is 0.242 e. The van der Waals surface area contributed by atoms with Crippen molar-refractivity contribution in [2.45, 2.75) is 43.0 Å². The molecule has 0 aromatic heterocycles. The maximum Gasteiger partial charge on any atom is 0.242 e. The molecule has 1 fully saturated rings. The molecular formula is C13H15ClNO4S-. The van der Waals surface area contributed by atoms with Gasteiger partial charge < -0.3 is 9.90 Å². The second-order valence-corrected chi connectivity index (χ2v) is 6.98. The second-order valence-electron chi connectivity index (χ2n) is 4.89. The fourth-order valence-electron chi connectivity index (χ4n) is 2.35. The van der Waals surface area contributed by atoms with Crippen LogP contribution in [0.3, 0.4) is 0 Å². The normalized spacial score (nSPS) is 17.1. The average Bonchev–Trinajstić information content (AvgIpc) is 2.38. The highest BCUT2D eigenvalue weighted by Gasteiger charge is 2.23. The molecule has 0 spiro atoms. The maximum absolute atomic E-state index is 12.2. The minimum atomic E-state index is -3.73. The van der Waals surface area contributed by atoms with Crippen LogP contribution in [0.1, 0.15) is 42.5 Å². The Bertz CT molecular complexity index is 609. The molecule has 20 heavy (non-hydrogen) atoms. The van der Waals surface area contributed by atoms with Crippen LogP contribution < -0.4 is 9.83 Å². The third-order valence-electron chi connectivity index (χ3n) is 3.38. The predicted octanol–water partition coefficient (Wildman–Crippen LogP) is 1.31. The Balaban J connectivity index is 2.22. The van der Waals surface area contributed by atoms with Gasteiger partial charge in [-0.25, -0.2) is 13.1 Å². The zero-order valence-corrected chi connectivity index (χ0v) is 12.3. The Kier molecular flexibility index (Phi) is 4.67.